The Kier molecular flexibility index (Phi) is 7.56. The van der Waals surface area contributed by atoms with Crippen LogP contribution in [0, 0.1) is 6.92 Å². The van der Waals surface area contributed by atoms with E-state index >= 15 is 0 Å². The zero-order chi connectivity index (χ0) is 14.1. The highest BCUT2D eigenvalue weighted by atomic mass is 79.9. The van der Waals surface area contributed by atoms with Crippen LogP contribution in [0.5, 0.6) is 0 Å². The first-order valence-corrected chi connectivity index (χ1v) is 7.69. The maximum Gasteiger partial charge on any atom is 0.221 e. The topological polar surface area (TPSA) is 41.1 Å². The van der Waals surface area contributed by atoms with Gasteiger partial charge >= 0.3 is 0 Å². The molecular weight excluding hydrogens is 304 g/mol. The zero-order valence-corrected chi connectivity index (χ0v) is 13.3. The van der Waals surface area contributed by atoms with Crippen molar-refractivity contribution in [2.24, 2.45) is 0 Å². The summed E-state index contributed by atoms with van der Waals surface area (Å²) in [5.41, 5.74) is 2.26. The summed E-state index contributed by atoms with van der Waals surface area (Å²) in [7, 11) is 0. The number of benzene rings is 1. The van der Waals surface area contributed by atoms with Crippen LogP contribution in [0.4, 0.5) is 5.69 Å². The van der Waals surface area contributed by atoms with E-state index in [1.807, 2.05) is 12.1 Å². The van der Waals surface area contributed by atoms with Crippen molar-refractivity contribution in [2.45, 2.75) is 39.5 Å². The highest BCUT2D eigenvalue weighted by Crippen LogP contribution is 2.19. The molecule has 0 heterocycles. The predicted molar refractivity (Wildman–Crippen MR) is 84.5 cm³/mol. The number of anilines is 1. The van der Waals surface area contributed by atoms with Crippen molar-refractivity contribution in [2.75, 3.05) is 18.4 Å². The van der Waals surface area contributed by atoms with Crippen LogP contribution in [0.1, 0.15) is 38.2 Å². The van der Waals surface area contributed by atoms with Crippen LogP contribution in [0.2, 0.25) is 0 Å². The molecule has 0 aliphatic carbocycles. The first-order chi connectivity index (χ1) is 9.13. The summed E-state index contributed by atoms with van der Waals surface area (Å²) in [6, 6.07) is 6.09. The normalized spacial score (nSPS) is 10.3. The van der Waals surface area contributed by atoms with Crippen molar-refractivity contribution in [1.29, 1.82) is 0 Å². The van der Waals surface area contributed by atoms with Crippen molar-refractivity contribution in [3.63, 3.8) is 0 Å². The third-order valence-electron chi connectivity index (χ3n) is 2.96. The summed E-state index contributed by atoms with van der Waals surface area (Å²) in [6.07, 6.45) is 3.94. The summed E-state index contributed by atoms with van der Waals surface area (Å²) in [5.74, 6) is 0.123. The molecule has 4 heteroatoms. The molecule has 0 aromatic heterocycles. The largest absolute Gasteiger partial charge is 0.384 e. The molecule has 0 saturated carbocycles. The summed E-state index contributed by atoms with van der Waals surface area (Å²) < 4.78 is 1.07. The molecule has 3 nitrogen and oxygen atoms in total. The van der Waals surface area contributed by atoms with Crippen molar-refractivity contribution in [3.8, 4) is 0 Å². The minimum atomic E-state index is 0.123. The number of aryl methyl sites for hydroxylation is 1. The lowest BCUT2D eigenvalue weighted by Crippen LogP contribution is -2.26. The number of hydrogen-bond donors (Lipinski definition) is 2. The first kappa shape index (κ1) is 16.0. The first-order valence-electron chi connectivity index (χ1n) is 6.90. The number of nitrogens with one attached hydrogen (secondary N) is 2. The molecule has 1 aromatic rings. The minimum Gasteiger partial charge on any atom is -0.384 e. The number of rotatable bonds is 8. The van der Waals surface area contributed by atoms with Gasteiger partial charge in [-0.15, -0.1) is 0 Å². The van der Waals surface area contributed by atoms with E-state index < -0.39 is 0 Å². The predicted octanol–water partition coefficient (Wildman–Crippen LogP) is 3.87. The second kappa shape index (κ2) is 8.97. The Hall–Kier alpha value is -1.03. The average Bonchev–Trinajstić information content (AvgIpc) is 2.37. The SMILES string of the molecule is CCCCCNC(=O)CCNc1ccc(Br)cc1C. The van der Waals surface area contributed by atoms with Gasteiger partial charge in [-0.3, -0.25) is 4.79 Å². The highest BCUT2D eigenvalue weighted by molar-refractivity contribution is 9.10. The standard InChI is InChI=1S/C15H23BrN2O/c1-3-4-5-9-18-15(19)8-10-17-14-7-6-13(16)11-12(14)2/h6-7,11,17H,3-5,8-10H2,1-2H3,(H,18,19). The number of carbonyl (C=O) groups excluding carboxylic acids is 1. The van der Waals surface area contributed by atoms with Crippen molar-refractivity contribution >= 4 is 27.5 Å². The maximum absolute atomic E-state index is 11.6. The Morgan fingerprint density at radius 1 is 1.26 bits per heavy atom. The van der Waals surface area contributed by atoms with Crippen molar-refractivity contribution in [3.05, 3.63) is 28.2 Å². The molecule has 1 amide bonds. The minimum absolute atomic E-state index is 0.123. The lowest BCUT2D eigenvalue weighted by molar-refractivity contribution is -0.120. The van der Waals surface area contributed by atoms with Gasteiger partial charge in [0.1, 0.15) is 0 Å². The van der Waals surface area contributed by atoms with Crippen LogP contribution in [0.25, 0.3) is 0 Å². The highest BCUT2D eigenvalue weighted by Gasteiger charge is 2.02. The van der Waals surface area contributed by atoms with Crippen LogP contribution >= 0.6 is 15.9 Å². The molecule has 1 rings (SSSR count). The van der Waals surface area contributed by atoms with E-state index in [1.165, 1.54) is 18.4 Å². The summed E-state index contributed by atoms with van der Waals surface area (Å²) >= 11 is 3.44. The van der Waals surface area contributed by atoms with Gasteiger partial charge in [-0.1, -0.05) is 35.7 Å². The lowest BCUT2D eigenvalue weighted by Gasteiger charge is -2.10. The van der Waals surface area contributed by atoms with Gasteiger partial charge in [0.15, 0.2) is 0 Å². The fraction of sp³-hybridized carbons (Fsp3) is 0.533. The molecule has 0 fully saturated rings. The summed E-state index contributed by atoms with van der Waals surface area (Å²) in [5, 5.41) is 6.23. The van der Waals surface area contributed by atoms with Gasteiger partial charge in [0.25, 0.3) is 0 Å². The monoisotopic (exact) mass is 326 g/mol. The molecule has 106 valence electrons. The molecule has 2 N–H and O–H groups in total. The molecular formula is C15H23BrN2O. The third kappa shape index (κ3) is 6.62. The Labute approximate surface area is 124 Å². The van der Waals surface area contributed by atoms with Gasteiger partial charge in [0.05, 0.1) is 0 Å². The van der Waals surface area contributed by atoms with E-state index in [9.17, 15) is 4.79 Å². The number of carbonyl (C=O) groups is 1. The molecule has 0 aliphatic heterocycles. The van der Waals surface area contributed by atoms with E-state index in [4.69, 9.17) is 0 Å². The zero-order valence-electron chi connectivity index (χ0n) is 11.8. The van der Waals surface area contributed by atoms with Gasteiger partial charge in [-0.05, 0) is 37.1 Å². The molecule has 0 atom stereocenters. The number of halogens is 1. The number of amides is 1. The Morgan fingerprint density at radius 3 is 2.74 bits per heavy atom. The van der Waals surface area contributed by atoms with E-state index in [0.29, 0.717) is 13.0 Å². The van der Waals surface area contributed by atoms with Gasteiger partial charge < -0.3 is 10.6 Å². The van der Waals surface area contributed by atoms with Gasteiger partial charge in [0.2, 0.25) is 5.91 Å². The molecule has 19 heavy (non-hydrogen) atoms. The van der Waals surface area contributed by atoms with Crippen LogP contribution in [-0.4, -0.2) is 19.0 Å². The van der Waals surface area contributed by atoms with E-state index in [2.05, 4.69) is 46.5 Å². The lowest BCUT2D eigenvalue weighted by atomic mass is 10.2. The molecule has 0 saturated heterocycles. The number of hydrogen-bond acceptors (Lipinski definition) is 2. The van der Waals surface area contributed by atoms with Crippen molar-refractivity contribution in [1.82, 2.24) is 5.32 Å². The fourth-order valence-electron chi connectivity index (χ4n) is 1.83. The second-order valence-electron chi connectivity index (χ2n) is 4.69. The van der Waals surface area contributed by atoms with Gasteiger partial charge in [-0.2, -0.15) is 0 Å². The molecule has 0 aliphatic rings. The Bertz CT molecular complexity index is 407. The van der Waals surface area contributed by atoms with Crippen LogP contribution in [-0.2, 0) is 4.79 Å². The quantitative estimate of drug-likeness (QED) is 0.712. The maximum atomic E-state index is 11.6. The van der Waals surface area contributed by atoms with Gasteiger partial charge in [0, 0.05) is 29.7 Å². The molecule has 0 bridgehead atoms. The van der Waals surface area contributed by atoms with Crippen LogP contribution in [0.15, 0.2) is 22.7 Å². The molecule has 1 aromatic carbocycles. The molecule has 0 unspecified atom stereocenters. The fourth-order valence-corrected chi connectivity index (χ4v) is 2.30. The summed E-state index contributed by atoms with van der Waals surface area (Å²) in [6.45, 7) is 5.68. The smallest absolute Gasteiger partial charge is 0.221 e. The van der Waals surface area contributed by atoms with Crippen LogP contribution in [0.3, 0.4) is 0 Å². The van der Waals surface area contributed by atoms with E-state index in [-0.39, 0.29) is 5.91 Å². The summed E-state index contributed by atoms with van der Waals surface area (Å²) in [4.78, 5) is 11.6. The number of unbranched alkanes of at least 4 members (excludes halogenated alkanes) is 2. The second-order valence-corrected chi connectivity index (χ2v) is 5.61. The van der Waals surface area contributed by atoms with E-state index in [0.717, 1.165) is 23.1 Å². The third-order valence-corrected chi connectivity index (χ3v) is 3.45. The van der Waals surface area contributed by atoms with Gasteiger partial charge in [-0.25, -0.2) is 0 Å². The average molecular weight is 327 g/mol. The Morgan fingerprint density at radius 2 is 2.05 bits per heavy atom. The molecule has 0 spiro atoms. The van der Waals surface area contributed by atoms with Crippen molar-refractivity contribution < 1.29 is 4.79 Å². The van der Waals surface area contributed by atoms with Crippen LogP contribution < -0.4 is 10.6 Å². The van der Waals surface area contributed by atoms with E-state index in [1.54, 1.807) is 0 Å². The molecule has 0 radical (unpaired) electrons. The Balaban J connectivity index is 2.20.